The minimum atomic E-state index is -4.34. The number of nitro groups is 1. The van der Waals surface area contributed by atoms with Gasteiger partial charge in [-0.05, 0) is 62.1 Å². The predicted octanol–water partition coefficient (Wildman–Crippen LogP) is 5.53. The minimum absolute atomic E-state index is 0.0409. The lowest BCUT2D eigenvalue weighted by Crippen LogP contribution is -2.46. The molecule has 12 heteroatoms. The third-order valence-electron chi connectivity index (χ3n) is 7.20. The monoisotopic (exact) mass is 542 g/mol. The van der Waals surface area contributed by atoms with Crippen molar-refractivity contribution < 1.29 is 22.8 Å². The molecule has 39 heavy (non-hydrogen) atoms. The Labute approximate surface area is 223 Å². The van der Waals surface area contributed by atoms with Gasteiger partial charge < -0.3 is 19.9 Å². The van der Waals surface area contributed by atoms with Crippen molar-refractivity contribution in [2.75, 3.05) is 41.3 Å². The van der Waals surface area contributed by atoms with Crippen molar-refractivity contribution in [3.8, 4) is 5.88 Å². The summed E-state index contributed by atoms with van der Waals surface area (Å²) >= 11 is 0. The van der Waals surface area contributed by atoms with Crippen LogP contribution in [0.1, 0.15) is 31.2 Å². The molecule has 3 aromatic rings. The van der Waals surface area contributed by atoms with Crippen molar-refractivity contribution in [1.82, 2.24) is 9.97 Å². The highest BCUT2D eigenvalue weighted by atomic mass is 19.4. The van der Waals surface area contributed by atoms with Gasteiger partial charge in [-0.3, -0.25) is 10.1 Å². The first-order valence-electron chi connectivity index (χ1n) is 12.9. The number of benzene rings is 2. The Bertz CT molecular complexity index is 1260. The van der Waals surface area contributed by atoms with Gasteiger partial charge in [0.1, 0.15) is 18.2 Å². The Morgan fingerprint density at radius 1 is 0.897 bits per heavy atom. The van der Waals surface area contributed by atoms with E-state index in [4.69, 9.17) is 4.74 Å². The lowest BCUT2D eigenvalue weighted by atomic mass is 9.92. The molecule has 0 atom stereocenters. The average Bonchev–Trinajstić information content (AvgIpc) is 2.94. The van der Waals surface area contributed by atoms with Crippen molar-refractivity contribution in [3.63, 3.8) is 0 Å². The lowest BCUT2D eigenvalue weighted by Gasteiger charge is -2.37. The fourth-order valence-electron chi connectivity index (χ4n) is 5.03. The van der Waals surface area contributed by atoms with Gasteiger partial charge in [0.2, 0.25) is 5.88 Å². The molecule has 1 aliphatic heterocycles. The van der Waals surface area contributed by atoms with Crippen LogP contribution in [0.4, 0.5) is 36.1 Å². The van der Waals surface area contributed by atoms with E-state index in [-0.39, 0.29) is 17.8 Å². The van der Waals surface area contributed by atoms with Gasteiger partial charge in [0.25, 0.3) is 5.69 Å². The van der Waals surface area contributed by atoms with E-state index in [1.54, 1.807) is 12.1 Å². The molecule has 0 bridgehead atoms. The molecule has 5 rings (SSSR count). The quantitative estimate of drug-likeness (QED) is 0.308. The van der Waals surface area contributed by atoms with Crippen molar-refractivity contribution in [2.45, 2.75) is 44.0 Å². The summed E-state index contributed by atoms with van der Waals surface area (Å²) in [6.07, 6.45) is 0.728. The number of rotatable bonds is 7. The number of ether oxygens (including phenoxy) is 1. The van der Waals surface area contributed by atoms with Crippen LogP contribution in [0.25, 0.3) is 0 Å². The van der Waals surface area contributed by atoms with E-state index in [0.29, 0.717) is 32.1 Å². The maximum Gasteiger partial charge on any atom is 0.416 e. The second-order valence-electron chi connectivity index (χ2n) is 9.77. The highest BCUT2D eigenvalue weighted by Gasteiger charge is 2.30. The average molecular weight is 543 g/mol. The summed E-state index contributed by atoms with van der Waals surface area (Å²) < 4.78 is 44.7. The number of halogens is 3. The van der Waals surface area contributed by atoms with Gasteiger partial charge in [0.15, 0.2) is 0 Å². The van der Waals surface area contributed by atoms with E-state index in [9.17, 15) is 23.3 Å². The maximum atomic E-state index is 12.8. The van der Waals surface area contributed by atoms with Crippen LogP contribution in [0.2, 0.25) is 0 Å². The molecule has 1 saturated carbocycles. The summed E-state index contributed by atoms with van der Waals surface area (Å²) in [7, 11) is 0. The second-order valence-corrected chi connectivity index (χ2v) is 9.77. The predicted molar refractivity (Wildman–Crippen MR) is 141 cm³/mol. The molecule has 0 radical (unpaired) electrons. The first-order chi connectivity index (χ1) is 18.7. The number of non-ortho nitro benzene ring substituents is 1. The van der Waals surface area contributed by atoms with Crippen LogP contribution in [0, 0.1) is 10.1 Å². The van der Waals surface area contributed by atoms with Crippen LogP contribution in [0.5, 0.6) is 5.88 Å². The largest absolute Gasteiger partial charge is 0.474 e. The first kappa shape index (κ1) is 26.5. The van der Waals surface area contributed by atoms with Crippen LogP contribution in [0.3, 0.4) is 0 Å². The van der Waals surface area contributed by atoms with Crippen LogP contribution in [-0.2, 0) is 6.18 Å². The summed E-state index contributed by atoms with van der Waals surface area (Å²) in [6.45, 7) is 2.68. The van der Waals surface area contributed by atoms with Crippen LogP contribution < -0.4 is 19.9 Å². The topological polar surface area (TPSA) is 96.7 Å². The van der Waals surface area contributed by atoms with Crippen LogP contribution in [0.15, 0.2) is 60.9 Å². The highest BCUT2D eigenvalue weighted by Crippen LogP contribution is 2.31. The van der Waals surface area contributed by atoms with Gasteiger partial charge in [-0.15, -0.1) is 0 Å². The fraction of sp³-hybridized carbons (Fsp3) is 0.407. The standard InChI is InChI=1S/C27H29F3N6O3/c28-27(29,30)19-1-7-22(8-2-19)34-13-15-35(16-14-34)25-17-26(32-18-31-25)39-24-11-5-21(6-12-24)33-20-3-9-23(10-4-20)36(37)38/h1-4,7-10,17-18,21,24,33H,5-6,11-16H2. The van der Waals surface area contributed by atoms with Gasteiger partial charge in [0, 0.05) is 61.8 Å². The Morgan fingerprint density at radius 3 is 2.15 bits per heavy atom. The summed E-state index contributed by atoms with van der Waals surface area (Å²) in [4.78, 5) is 23.3. The number of anilines is 3. The van der Waals surface area contributed by atoms with Gasteiger partial charge in [-0.2, -0.15) is 13.2 Å². The van der Waals surface area contributed by atoms with E-state index >= 15 is 0 Å². The maximum absolute atomic E-state index is 12.8. The molecule has 1 N–H and O–H groups in total. The van der Waals surface area contributed by atoms with Crippen molar-refractivity contribution in [2.24, 2.45) is 0 Å². The number of alkyl halides is 3. The van der Waals surface area contributed by atoms with E-state index in [1.165, 1.54) is 30.6 Å². The number of hydrogen-bond acceptors (Lipinski definition) is 8. The lowest BCUT2D eigenvalue weighted by molar-refractivity contribution is -0.384. The third kappa shape index (κ3) is 6.68. The van der Waals surface area contributed by atoms with Crippen LogP contribution in [-0.4, -0.2) is 53.2 Å². The number of piperazine rings is 1. The number of nitrogens with zero attached hydrogens (tertiary/aromatic N) is 5. The molecule has 0 spiro atoms. The van der Waals surface area contributed by atoms with Gasteiger partial charge in [0.05, 0.1) is 10.5 Å². The van der Waals surface area contributed by atoms with Crippen molar-refractivity contribution in [1.29, 1.82) is 0 Å². The normalized spacial score (nSPS) is 20.0. The molecule has 1 aromatic heterocycles. The number of nitro benzene ring substituents is 1. The highest BCUT2D eigenvalue weighted by molar-refractivity contribution is 5.51. The van der Waals surface area contributed by atoms with E-state index in [1.807, 2.05) is 6.07 Å². The Balaban J connectivity index is 1.09. The molecule has 2 fully saturated rings. The molecule has 2 heterocycles. The molecule has 206 valence electrons. The first-order valence-corrected chi connectivity index (χ1v) is 12.9. The molecule has 0 amide bonds. The zero-order chi connectivity index (χ0) is 27.4. The van der Waals surface area contributed by atoms with E-state index in [2.05, 4.69) is 25.1 Å². The fourth-order valence-corrected chi connectivity index (χ4v) is 5.03. The molecule has 0 unspecified atom stereocenters. The van der Waals surface area contributed by atoms with E-state index in [0.717, 1.165) is 55.0 Å². The molecule has 2 aliphatic rings. The number of aromatic nitrogens is 2. The van der Waals surface area contributed by atoms with Gasteiger partial charge in [-0.25, -0.2) is 9.97 Å². The Kier molecular flexibility index (Phi) is 7.71. The summed E-state index contributed by atoms with van der Waals surface area (Å²) in [5.41, 5.74) is 1.06. The van der Waals surface area contributed by atoms with Gasteiger partial charge >= 0.3 is 6.18 Å². The molecular weight excluding hydrogens is 513 g/mol. The SMILES string of the molecule is O=[N+]([O-])c1ccc(NC2CCC(Oc3cc(N4CCN(c5ccc(C(F)(F)F)cc5)CC4)ncn3)CC2)cc1. The molecule has 9 nitrogen and oxygen atoms in total. The van der Waals surface area contributed by atoms with Crippen LogP contribution >= 0.6 is 0 Å². The molecule has 1 saturated heterocycles. The minimum Gasteiger partial charge on any atom is -0.474 e. The number of hydrogen-bond donors (Lipinski definition) is 1. The smallest absolute Gasteiger partial charge is 0.416 e. The Morgan fingerprint density at radius 2 is 1.54 bits per heavy atom. The summed E-state index contributed by atoms with van der Waals surface area (Å²) in [5.74, 6) is 1.29. The van der Waals surface area contributed by atoms with Gasteiger partial charge in [-0.1, -0.05) is 0 Å². The summed E-state index contributed by atoms with van der Waals surface area (Å²) in [6, 6.07) is 13.8. The number of nitrogens with one attached hydrogen (secondary N) is 1. The third-order valence-corrected chi connectivity index (χ3v) is 7.20. The molecule has 2 aromatic carbocycles. The van der Waals surface area contributed by atoms with Crippen molar-refractivity contribution >= 4 is 22.9 Å². The zero-order valence-corrected chi connectivity index (χ0v) is 21.2. The second kappa shape index (κ2) is 11.3. The van der Waals surface area contributed by atoms with Crippen molar-refractivity contribution in [3.05, 3.63) is 76.6 Å². The molecular formula is C27H29F3N6O3. The summed E-state index contributed by atoms with van der Waals surface area (Å²) in [5, 5.41) is 14.3. The zero-order valence-electron chi connectivity index (χ0n) is 21.2. The van der Waals surface area contributed by atoms with E-state index < -0.39 is 16.7 Å². The molecule has 1 aliphatic carbocycles. The Hall–Kier alpha value is -4.09.